The molecule has 1 fully saturated rings. The highest BCUT2D eigenvalue weighted by Crippen LogP contribution is 2.29. The van der Waals surface area contributed by atoms with Crippen molar-refractivity contribution in [1.29, 1.82) is 0 Å². The van der Waals surface area contributed by atoms with E-state index in [0.717, 1.165) is 26.2 Å². The van der Waals surface area contributed by atoms with Crippen LogP contribution in [0.3, 0.4) is 0 Å². The average Bonchev–Trinajstić information content (AvgIpc) is 3.21. The largest absolute Gasteiger partial charge is 0.350 e. The molecule has 0 radical (unpaired) electrons. The number of nitrogens with one attached hydrogen (secondary N) is 1. The molecule has 1 aliphatic heterocycles. The first-order valence-electron chi connectivity index (χ1n) is 11.7. The van der Waals surface area contributed by atoms with Gasteiger partial charge in [0.1, 0.15) is 11.5 Å². The smallest absolute Gasteiger partial charge is 0.253 e. The van der Waals surface area contributed by atoms with E-state index in [1.807, 2.05) is 22.8 Å². The van der Waals surface area contributed by atoms with Crippen molar-refractivity contribution in [2.45, 2.75) is 39.8 Å². The lowest BCUT2D eigenvalue weighted by atomic mass is 10.0. The number of halogens is 1. The Hall–Kier alpha value is -2.48. The van der Waals surface area contributed by atoms with Gasteiger partial charge in [-0.3, -0.25) is 19.2 Å². The molecule has 0 aromatic carbocycles. The minimum absolute atomic E-state index is 0.143. The summed E-state index contributed by atoms with van der Waals surface area (Å²) in [6, 6.07) is 8.21. The van der Waals surface area contributed by atoms with E-state index < -0.39 is 0 Å². The van der Waals surface area contributed by atoms with Crippen LogP contribution in [0.4, 0.5) is 0 Å². The summed E-state index contributed by atoms with van der Waals surface area (Å²) in [7, 11) is 0. The van der Waals surface area contributed by atoms with Crippen LogP contribution in [0.1, 0.15) is 38.1 Å². The Morgan fingerprint density at radius 3 is 2.39 bits per heavy atom. The second-order valence-electron chi connectivity index (χ2n) is 9.28. The number of piperazine rings is 1. The molecule has 3 aromatic rings. The van der Waals surface area contributed by atoms with Gasteiger partial charge in [-0.05, 0) is 38.0 Å². The minimum Gasteiger partial charge on any atom is -0.350 e. The Balaban J connectivity index is 1.54. The number of rotatable bonds is 7. The van der Waals surface area contributed by atoms with Crippen LogP contribution in [-0.4, -0.2) is 75.0 Å². The normalized spacial score (nSPS) is 16.6. The maximum absolute atomic E-state index is 13.3. The SMILES string of the molecule is CC(C)C(CNC(=O)c1cn(-c2ccccn2)c2nccc(Cl)c12)N1CCN(C(C)C)CC1. The van der Waals surface area contributed by atoms with Gasteiger partial charge in [-0.15, -0.1) is 0 Å². The zero-order valence-electron chi connectivity index (χ0n) is 19.8. The van der Waals surface area contributed by atoms with Crippen LogP contribution in [0, 0.1) is 5.92 Å². The number of nitrogens with zero attached hydrogens (tertiary/aromatic N) is 5. The highest BCUT2D eigenvalue weighted by Gasteiger charge is 2.28. The molecular formula is C25H33ClN6O. The molecule has 0 spiro atoms. The topological polar surface area (TPSA) is 66.3 Å². The van der Waals surface area contributed by atoms with Crippen LogP contribution in [0.25, 0.3) is 16.9 Å². The van der Waals surface area contributed by atoms with E-state index in [1.54, 1.807) is 24.7 Å². The number of aromatic nitrogens is 3. The molecule has 1 amide bonds. The summed E-state index contributed by atoms with van der Waals surface area (Å²) in [5, 5.41) is 4.33. The van der Waals surface area contributed by atoms with Gasteiger partial charge in [-0.25, -0.2) is 9.97 Å². The summed E-state index contributed by atoms with van der Waals surface area (Å²) in [6.07, 6.45) is 5.15. The Labute approximate surface area is 200 Å². The van der Waals surface area contributed by atoms with E-state index in [1.165, 1.54) is 0 Å². The summed E-state index contributed by atoms with van der Waals surface area (Å²) < 4.78 is 1.82. The molecule has 0 aliphatic carbocycles. The maximum Gasteiger partial charge on any atom is 0.253 e. The molecule has 8 heteroatoms. The predicted molar refractivity (Wildman–Crippen MR) is 133 cm³/mol. The summed E-state index contributed by atoms with van der Waals surface area (Å²) in [5.41, 5.74) is 1.14. The highest BCUT2D eigenvalue weighted by atomic mass is 35.5. The van der Waals surface area contributed by atoms with E-state index in [2.05, 4.69) is 52.8 Å². The monoisotopic (exact) mass is 468 g/mol. The molecule has 176 valence electrons. The fourth-order valence-electron chi connectivity index (χ4n) is 4.62. The fourth-order valence-corrected chi connectivity index (χ4v) is 4.86. The molecule has 1 unspecified atom stereocenters. The number of carbonyl (C=O) groups excluding carboxylic acids is 1. The Morgan fingerprint density at radius 2 is 1.76 bits per heavy atom. The van der Waals surface area contributed by atoms with Crippen molar-refractivity contribution in [2.24, 2.45) is 5.92 Å². The number of hydrogen-bond donors (Lipinski definition) is 1. The highest BCUT2D eigenvalue weighted by molar-refractivity contribution is 6.36. The van der Waals surface area contributed by atoms with Crippen molar-refractivity contribution in [2.75, 3.05) is 32.7 Å². The first-order valence-corrected chi connectivity index (χ1v) is 12.1. The van der Waals surface area contributed by atoms with Gasteiger partial charge in [-0.1, -0.05) is 31.5 Å². The third-order valence-corrected chi connectivity index (χ3v) is 6.88. The Kier molecular flexibility index (Phi) is 7.32. The molecule has 1 saturated heterocycles. The van der Waals surface area contributed by atoms with Gasteiger partial charge in [0.05, 0.1) is 16.0 Å². The van der Waals surface area contributed by atoms with Crippen molar-refractivity contribution < 1.29 is 4.79 Å². The second-order valence-corrected chi connectivity index (χ2v) is 9.69. The molecular weight excluding hydrogens is 436 g/mol. The summed E-state index contributed by atoms with van der Waals surface area (Å²) >= 11 is 6.51. The zero-order chi connectivity index (χ0) is 23.5. The van der Waals surface area contributed by atoms with E-state index in [0.29, 0.717) is 45.9 Å². The number of hydrogen-bond acceptors (Lipinski definition) is 5. The molecule has 1 aliphatic rings. The van der Waals surface area contributed by atoms with Crippen molar-refractivity contribution in [3.63, 3.8) is 0 Å². The van der Waals surface area contributed by atoms with Crippen LogP contribution in [0.2, 0.25) is 5.02 Å². The van der Waals surface area contributed by atoms with Crippen molar-refractivity contribution in [3.8, 4) is 5.82 Å². The molecule has 4 rings (SSSR count). The number of carbonyl (C=O) groups is 1. The van der Waals surface area contributed by atoms with E-state index >= 15 is 0 Å². The van der Waals surface area contributed by atoms with Crippen LogP contribution < -0.4 is 5.32 Å². The van der Waals surface area contributed by atoms with Crippen LogP contribution >= 0.6 is 11.6 Å². The standard InChI is InChI=1S/C25H33ClN6O/c1-17(2)21(31-13-11-30(12-14-31)18(3)4)15-29-25(33)19-16-32(22-7-5-6-9-27-22)24-23(19)20(26)8-10-28-24/h5-10,16-18,21H,11-15H2,1-4H3,(H,29,33). The Morgan fingerprint density at radius 1 is 1.03 bits per heavy atom. The molecule has 0 bridgehead atoms. The quantitative estimate of drug-likeness (QED) is 0.570. The second kappa shape index (κ2) is 10.2. The molecule has 7 nitrogen and oxygen atoms in total. The summed E-state index contributed by atoms with van der Waals surface area (Å²) in [6.45, 7) is 13.7. The van der Waals surface area contributed by atoms with Crippen LogP contribution in [0.15, 0.2) is 42.9 Å². The lowest BCUT2D eigenvalue weighted by Gasteiger charge is -2.42. The zero-order valence-corrected chi connectivity index (χ0v) is 20.6. The molecule has 33 heavy (non-hydrogen) atoms. The number of pyridine rings is 2. The average molecular weight is 469 g/mol. The summed E-state index contributed by atoms with van der Waals surface area (Å²) in [4.78, 5) is 27.3. The number of amides is 1. The first-order chi connectivity index (χ1) is 15.9. The number of fused-ring (bicyclic) bond motifs is 1. The minimum atomic E-state index is -0.143. The van der Waals surface area contributed by atoms with Gasteiger partial charge in [0.2, 0.25) is 0 Å². The van der Waals surface area contributed by atoms with Gasteiger partial charge >= 0.3 is 0 Å². The third-order valence-electron chi connectivity index (χ3n) is 6.57. The summed E-state index contributed by atoms with van der Waals surface area (Å²) in [5.74, 6) is 0.978. The van der Waals surface area contributed by atoms with Gasteiger partial charge in [0.25, 0.3) is 5.91 Å². The molecule has 3 aromatic heterocycles. The van der Waals surface area contributed by atoms with Gasteiger partial charge in [0, 0.05) is 63.4 Å². The predicted octanol–water partition coefficient (Wildman–Crippen LogP) is 3.85. The molecule has 0 saturated carbocycles. The third kappa shape index (κ3) is 5.05. The van der Waals surface area contributed by atoms with Crippen molar-refractivity contribution in [3.05, 3.63) is 53.4 Å². The lowest BCUT2D eigenvalue weighted by molar-refractivity contribution is 0.0596. The lowest BCUT2D eigenvalue weighted by Crippen LogP contribution is -2.56. The molecule has 4 heterocycles. The van der Waals surface area contributed by atoms with Gasteiger partial charge < -0.3 is 5.32 Å². The van der Waals surface area contributed by atoms with Gasteiger partial charge in [0.15, 0.2) is 0 Å². The van der Waals surface area contributed by atoms with Crippen LogP contribution in [0.5, 0.6) is 0 Å². The molecule has 1 N–H and O–H groups in total. The maximum atomic E-state index is 13.3. The van der Waals surface area contributed by atoms with E-state index in [9.17, 15) is 4.79 Å². The first kappa shape index (κ1) is 23.7. The van der Waals surface area contributed by atoms with Gasteiger partial charge in [-0.2, -0.15) is 0 Å². The van der Waals surface area contributed by atoms with Crippen molar-refractivity contribution in [1.82, 2.24) is 29.7 Å². The van der Waals surface area contributed by atoms with E-state index in [4.69, 9.17) is 11.6 Å². The molecule has 1 atom stereocenters. The van der Waals surface area contributed by atoms with Crippen LogP contribution in [-0.2, 0) is 0 Å². The Bertz CT molecular complexity index is 1090. The fraction of sp³-hybridized carbons (Fsp3) is 0.480. The van der Waals surface area contributed by atoms with Crippen molar-refractivity contribution >= 4 is 28.5 Å². The van der Waals surface area contributed by atoms with E-state index in [-0.39, 0.29) is 11.9 Å².